The smallest absolute Gasteiger partial charge is 0.328 e. The second-order valence-corrected chi connectivity index (χ2v) is 7.32. The van der Waals surface area contributed by atoms with Crippen LogP contribution in [0, 0.1) is 0 Å². The number of hydrogen-bond donors (Lipinski definition) is 0. The van der Waals surface area contributed by atoms with E-state index in [0.29, 0.717) is 18.3 Å². The van der Waals surface area contributed by atoms with Crippen molar-refractivity contribution < 1.29 is 23.9 Å². The highest BCUT2D eigenvalue weighted by Gasteiger charge is 2.55. The Hall–Kier alpha value is -3.56. The van der Waals surface area contributed by atoms with Gasteiger partial charge in [0.05, 0.1) is 18.9 Å². The number of likely N-dealkylation sites (N-methyl/N-ethyl adjacent to an activating group) is 1. The topological polar surface area (TPSA) is 95.0 Å². The van der Waals surface area contributed by atoms with Crippen molar-refractivity contribution in [3.05, 3.63) is 36.2 Å². The predicted molar refractivity (Wildman–Crippen MR) is 112 cm³/mol. The maximum Gasteiger partial charge on any atom is 0.328 e. The van der Waals surface area contributed by atoms with Gasteiger partial charge >= 0.3 is 12.0 Å². The van der Waals surface area contributed by atoms with Gasteiger partial charge in [-0.3, -0.25) is 19.4 Å². The molecule has 10 nitrogen and oxygen atoms in total. The summed E-state index contributed by atoms with van der Waals surface area (Å²) < 4.78 is 10.7. The number of amides is 3. The molecule has 0 N–H and O–H groups in total. The van der Waals surface area contributed by atoms with E-state index in [4.69, 9.17) is 14.5 Å². The number of fused-ring (bicyclic) bond motifs is 3. The van der Waals surface area contributed by atoms with Gasteiger partial charge in [-0.05, 0) is 32.9 Å². The molecule has 4 rings (SSSR count). The van der Waals surface area contributed by atoms with Gasteiger partial charge in [0.15, 0.2) is 12.2 Å². The molecule has 3 aliphatic rings. The van der Waals surface area contributed by atoms with Crippen molar-refractivity contribution in [1.29, 1.82) is 0 Å². The van der Waals surface area contributed by atoms with Gasteiger partial charge in [-0.25, -0.2) is 9.79 Å². The Bertz CT molecular complexity index is 990. The minimum atomic E-state index is -0.758. The lowest BCUT2D eigenvalue weighted by atomic mass is 10.1. The van der Waals surface area contributed by atoms with Gasteiger partial charge in [0.1, 0.15) is 12.3 Å². The van der Waals surface area contributed by atoms with Crippen LogP contribution in [0.5, 0.6) is 5.75 Å². The number of urea groups is 1. The number of carbonyl (C=O) groups excluding carboxylic acids is 3. The van der Waals surface area contributed by atoms with E-state index in [-0.39, 0.29) is 6.61 Å². The van der Waals surface area contributed by atoms with Crippen LogP contribution < -0.4 is 9.64 Å². The van der Waals surface area contributed by atoms with E-state index < -0.39 is 36.7 Å². The van der Waals surface area contributed by atoms with Crippen LogP contribution in [-0.2, 0) is 14.3 Å². The van der Waals surface area contributed by atoms with E-state index in [1.165, 1.54) is 4.90 Å². The molecule has 2 atom stereocenters. The molecule has 3 amide bonds. The number of aliphatic imine (C=N–C) groups is 1. The van der Waals surface area contributed by atoms with Crippen LogP contribution in [0.4, 0.5) is 10.5 Å². The number of nitrogens with zero attached hydrogens (tertiary/aromatic N) is 5. The zero-order valence-corrected chi connectivity index (χ0v) is 17.9. The summed E-state index contributed by atoms with van der Waals surface area (Å²) in [6, 6.07) is 6.25. The largest absolute Gasteiger partial charge is 0.492 e. The van der Waals surface area contributed by atoms with Crippen LogP contribution >= 0.6 is 0 Å². The van der Waals surface area contributed by atoms with Crippen LogP contribution in [-0.4, -0.2) is 77.6 Å². The maximum atomic E-state index is 13.2. The van der Waals surface area contributed by atoms with Crippen LogP contribution in [0.25, 0.3) is 0 Å². The number of imide groups is 1. The molecule has 1 fully saturated rings. The molecule has 1 saturated heterocycles. The number of benzene rings is 1. The molecule has 1 aromatic rings. The quantitative estimate of drug-likeness (QED) is 0.636. The Morgan fingerprint density at radius 2 is 1.90 bits per heavy atom. The second kappa shape index (κ2) is 7.93. The number of allylic oxidation sites excluding steroid dienone is 1. The normalized spacial score (nSPS) is 22.3. The van der Waals surface area contributed by atoms with Gasteiger partial charge in [-0.15, -0.1) is 0 Å². The van der Waals surface area contributed by atoms with Crippen LogP contribution in [0.2, 0.25) is 0 Å². The SMILES string of the molecule is CCOC(=O)CN1C(=O)C2C(N=C3N(c4ccccc4OCC)C(C)=CN32)N(C)C1=O. The Morgan fingerprint density at radius 1 is 1.16 bits per heavy atom. The van der Waals surface area contributed by atoms with E-state index in [1.807, 2.05) is 49.2 Å². The van der Waals surface area contributed by atoms with Gasteiger partial charge in [0.2, 0.25) is 5.96 Å². The molecule has 0 aliphatic carbocycles. The standard InChI is InChI=1S/C21H25N5O5/c1-5-30-15-10-8-7-9-14(15)26-13(3)11-24-17-18(22-20(24)26)23(4)21(29)25(19(17)28)12-16(27)31-6-2/h7-11,17-18H,5-6,12H2,1-4H3. The maximum absolute atomic E-state index is 13.2. The predicted octanol–water partition coefficient (Wildman–Crippen LogP) is 1.59. The van der Waals surface area contributed by atoms with Gasteiger partial charge in [0.25, 0.3) is 5.91 Å². The number of guanidine groups is 1. The second-order valence-electron chi connectivity index (χ2n) is 7.32. The molecule has 2 unspecified atom stereocenters. The average molecular weight is 427 g/mol. The molecule has 0 aromatic heterocycles. The highest BCUT2D eigenvalue weighted by atomic mass is 16.5. The Balaban J connectivity index is 1.67. The van der Waals surface area contributed by atoms with Crippen molar-refractivity contribution in [3.63, 3.8) is 0 Å². The fourth-order valence-electron chi connectivity index (χ4n) is 4.05. The van der Waals surface area contributed by atoms with Crippen LogP contribution in [0.15, 0.2) is 41.2 Å². The molecule has 3 aliphatic heterocycles. The first-order valence-electron chi connectivity index (χ1n) is 10.2. The summed E-state index contributed by atoms with van der Waals surface area (Å²) >= 11 is 0. The summed E-state index contributed by atoms with van der Waals surface area (Å²) in [5.74, 6) is 0.113. The van der Waals surface area contributed by atoms with E-state index in [1.54, 1.807) is 18.9 Å². The fraction of sp³-hybridized carbons (Fsp3) is 0.429. The molecule has 31 heavy (non-hydrogen) atoms. The molecule has 0 spiro atoms. The van der Waals surface area contributed by atoms with Crippen molar-refractivity contribution in [2.24, 2.45) is 4.99 Å². The first kappa shape index (κ1) is 20.7. The summed E-state index contributed by atoms with van der Waals surface area (Å²) in [5.41, 5.74) is 1.65. The van der Waals surface area contributed by atoms with Crippen LogP contribution in [0.3, 0.4) is 0 Å². The lowest BCUT2D eigenvalue weighted by molar-refractivity contribution is -0.150. The summed E-state index contributed by atoms with van der Waals surface area (Å²) in [5, 5.41) is 0. The highest BCUT2D eigenvalue weighted by Crippen LogP contribution is 2.39. The third-order valence-electron chi connectivity index (χ3n) is 5.39. The molecule has 0 radical (unpaired) electrons. The number of ether oxygens (including phenoxy) is 2. The van der Waals surface area contributed by atoms with Gasteiger partial charge in [0, 0.05) is 18.9 Å². The number of rotatable bonds is 6. The minimum absolute atomic E-state index is 0.173. The lowest BCUT2D eigenvalue weighted by Gasteiger charge is -2.39. The van der Waals surface area contributed by atoms with Crippen LogP contribution in [0.1, 0.15) is 20.8 Å². The van der Waals surface area contributed by atoms with Gasteiger partial charge < -0.3 is 19.3 Å². The molecule has 10 heteroatoms. The zero-order valence-electron chi connectivity index (χ0n) is 17.9. The molecular formula is C21H25N5O5. The number of para-hydroxylation sites is 2. The summed E-state index contributed by atoms with van der Waals surface area (Å²) in [6.07, 6.45) is 1.13. The average Bonchev–Trinajstić information content (AvgIpc) is 3.25. The molecule has 0 bridgehead atoms. The monoisotopic (exact) mass is 427 g/mol. The number of esters is 1. The third-order valence-corrected chi connectivity index (χ3v) is 5.39. The van der Waals surface area contributed by atoms with Crippen molar-refractivity contribution in [1.82, 2.24) is 14.7 Å². The van der Waals surface area contributed by atoms with Crippen molar-refractivity contribution in [2.75, 3.05) is 31.7 Å². The minimum Gasteiger partial charge on any atom is -0.492 e. The summed E-state index contributed by atoms with van der Waals surface area (Å²) in [6.45, 7) is 5.75. The zero-order chi connectivity index (χ0) is 22.3. The number of hydrogen-bond acceptors (Lipinski definition) is 8. The molecule has 164 valence electrons. The van der Waals surface area contributed by atoms with E-state index in [0.717, 1.165) is 16.3 Å². The van der Waals surface area contributed by atoms with E-state index >= 15 is 0 Å². The molecular weight excluding hydrogens is 402 g/mol. The summed E-state index contributed by atoms with van der Waals surface area (Å²) in [4.78, 5) is 48.7. The van der Waals surface area contributed by atoms with Gasteiger partial charge in [-0.1, -0.05) is 12.1 Å². The fourth-order valence-corrected chi connectivity index (χ4v) is 4.05. The number of anilines is 1. The Morgan fingerprint density at radius 3 is 2.61 bits per heavy atom. The molecule has 3 heterocycles. The molecule has 0 saturated carbocycles. The summed E-state index contributed by atoms with van der Waals surface area (Å²) in [7, 11) is 1.58. The Labute approximate surface area is 180 Å². The van der Waals surface area contributed by atoms with Crippen molar-refractivity contribution in [3.8, 4) is 5.75 Å². The third kappa shape index (κ3) is 3.28. The van der Waals surface area contributed by atoms with E-state index in [9.17, 15) is 14.4 Å². The highest BCUT2D eigenvalue weighted by molar-refractivity contribution is 6.11. The van der Waals surface area contributed by atoms with Crippen molar-refractivity contribution >= 4 is 29.6 Å². The van der Waals surface area contributed by atoms with E-state index in [2.05, 4.69) is 0 Å². The molecule has 1 aromatic carbocycles. The van der Waals surface area contributed by atoms with Crippen molar-refractivity contribution in [2.45, 2.75) is 33.0 Å². The van der Waals surface area contributed by atoms with Gasteiger partial charge in [-0.2, -0.15) is 0 Å². The Kier molecular flexibility index (Phi) is 5.30. The lowest BCUT2D eigenvalue weighted by Crippen LogP contribution is -2.65. The first-order chi connectivity index (χ1) is 14.9. The number of carbonyl (C=O) groups is 3. The first-order valence-corrected chi connectivity index (χ1v) is 10.2.